The van der Waals surface area contributed by atoms with Gasteiger partial charge in [0.25, 0.3) is 11.8 Å². The van der Waals surface area contributed by atoms with Crippen molar-refractivity contribution in [3.63, 3.8) is 0 Å². The molecule has 0 aliphatic carbocycles. The Morgan fingerprint density at radius 1 is 1.09 bits per heavy atom. The van der Waals surface area contributed by atoms with Crippen LogP contribution in [0.5, 0.6) is 0 Å². The van der Waals surface area contributed by atoms with Gasteiger partial charge >= 0.3 is 0 Å². The standard InChI is InChI=1S/C26H24N4O2S/c1-18-22(26(32)29-12-10-24-20(16-29)11-13-33-24)8-5-9-23(18)28-25(31)21-14-27-30(17-21)15-19-6-3-2-4-7-19/h2-9,11,13-14,17H,10,12,15-16H2,1H3,(H,28,31). The third-order valence-electron chi connectivity index (χ3n) is 5.99. The van der Waals surface area contributed by atoms with Gasteiger partial charge in [0.05, 0.1) is 18.3 Å². The number of fused-ring (bicyclic) bond motifs is 1. The number of carbonyl (C=O) groups is 2. The highest BCUT2D eigenvalue weighted by atomic mass is 32.1. The summed E-state index contributed by atoms with van der Waals surface area (Å²) in [6.45, 7) is 3.82. The third-order valence-corrected chi connectivity index (χ3v) is 7.01. The smallest absolute Gasteiger partial charge is 0.258 e. The zero-order valence-electron chi connectivity index (χ0n) is 18.3. The molecule has 2 amide bonds. The molecule has 1 aliphatic heterocycles. The van der Waals surface area contributed by atoms with Gasteiger partial charge in [-0.3, -0.25) is 14.3 Å². The van der Waals surface area contributed by atoms with E-state index in [-0.39, 0.29) is 11.8 Å². The predicted octanol–water partition coefficient (Wildman–Crippen LogP) is 4.75. The van der Waals surface area contributed by atoms with Crippen LogP contribution in [-0.2, 0) is 19.5 Å². The largest absolute Gasteiger partial charge is 0.334 e. The second-order valence-electron chi connectivity index (χ2n) is 8.19. The minimum atomic E-state index is -0.247. The van der Waals surface area contributed by atoms with E-state index in [1.807, 2.05) is 60.4 Å². The number of rotatable bonds is 5. The van der Waals surface area contributed by atoms with E-state index in [9.17, 15) is 9.59 Å². The first-order valence-corrected chi connectivity index (χ1v) is 11.8. The molecule has 3 heterocycles. The molecule has 0 atom stereocenters. The highest BCUT2D eigenvalue weighted by molar-refractivity contribution is 7.10. The maximum absolute atomic E-state index is 13.2. The van der Waals surface area contributed by atoms with Crippen molar-refractivity contribution in [3.05, 3.63) is 105 Å². The number of carbonyl (C=O) groups excluding carboxylic acids is 2. The number of nitrogens with one attached hydrogen (secondary N) is 1. The fraction of sp³-hybridized carbons (Fsp3) is 0.192. The Kier molecular flexibility index (Phi) is 5.79. The number of anilines is 1. The summed E-state index contributed by atoms with van der Waals surface area (Å²) in [5.74, 6) is -0.251. The molecule has 0 radical (unpaired) electrons. The fourth-order valence-corrected chi connectivity index (χ4v) is 5.02. The number of thiophene rings is 1. The van der Waals surface area contributed by atoms with E-state index in [1.165, 1.54) is 10.4 Å². The summed E-state index contributed by atoms with van der Waals surface area (Å²) in [6, 6.07) is 17.5. The Morgan fingerprint density at radius 2 is 1.94 bits per heavy atom. The van der Waals surface area contributed by atoms with E-state index in [0.29, 0.717) is 36.4 Å². The van der Waals surface area contributed by atoms with Gasteiger partial charge in [-0.2, -0.15) is 5.10 Å². The van der Waals surface area contributed by atoms with Crippen LogP contribution in [0, 0.1) is 6.92 Å². The first-order chi connectivity index (χ1) is 16.1. The van der Waals surface area contributed by atoms with Crippen LogP contribution in [0.15, 0.2) is 72.4 Å². The van der Waals surface area contributed by atoms with E-state index in [0.717, 1.165) is 17.5 Å². The van der Waals surface area contributed by atoms with E-state index in [2.05, 4.69) is 21.9 Å². The third kappa shape index (κ3) is 4.45. The zero-order valence-corrected chi connectivity index (χ0v) is 19.1. The van der Waals surface area contributed by atoms with Gasteiger partial charge in [0.2, 0.25) is 0 Å². The van der Waals surface area contributed by atoms with E-state index >= 15 is 0 Å². The Morgan fingerprint density at radius 3 is 2.79 bits per heavy atom. The second kappa shape index (κ2) is 9.03. The second-order valence-corrected chi connectivity index (χ2v) is 9.19. The van der Waals surface area contributed by atoms with Crippen LogP contribution in [-0.4, -0.2) is 33.0 Å². The number of benzene rings is 2. The Hall–Kier alpha value is -3.71. The lowest BCUT2D eigenvalue weighted by Gasteiger charge is -2.28. The first kappa shape index (κ1) is 21.2. The summed E-state index contributed by atoms with van der Waals surface area (Å²) in [7, 11) is 0. The lowest BCUT2D eigenvalue weighted by molar-refractivity contribution is 0.0735. The van der Waals surface area contributed by atoms with Crippen LogP contribution < -0.4 is 5.32 Å². The quantitative estimate of drug-likeness (QED) is 0.471. The molecule has 2 aromatic carbocycles. The van der Waals surface area contributed by atoms with Gasteiger partial charge in [0.15, 0.2) is 0 Å². The van der Waals surface area contributed by atoms with Crippen LogP contribution in [0.25, 0.3) is 0 Å². The number of amides is 2. The molecule has 0 fully saturated rings. The summed E-state index contributed by atoms with van der Waals surface area (Å²) < 4.78 is 1.74. The van der Waals surface area contributed by atoms with Crippen molar-refractivity contribution in [1.29, 1.82) is 0 Å². The maximum Gasteiger partial charge on any atom is 0.258 e. The van der Waals surface area contributed by atoms with Gasteiger partial charge < -0.3 is 10.2 Å². The molecule has 0 saturated heterocycles. The number of nitrogens with zero attached hydrogens (tertiary/aromatic N) is 3. The molecule has 7 heteroatoms. The average molecular weight is 457 g/mol. The number of hydrogen-bond acceptors (Lipinski definition) is 4. The molecule has 0 unspecified atom stereocenters. The lowest BCUT2D eigenvalue weighted by atomic mass is 10.0. The zero-order chi connectivity index (χ0) is 22.8. The molecule has 1 N–H and O–H groups in total. The van der Waals surface area contributed by atoms with Crippen LogP contribution in [0.1, 0.15) is 42.3 Å². The van der Waals surface area contributed by atoms with Gasteiger partial charge in [-0.15, -0.1) is 11.3 Å². The van der Waals surface area contributed by atoms with Crippen molar-refractivity contribution in [3.8, 4) is 0 Å². The highest BCUT2D eigenvalue weighted by Crippen LogP contribution is 2.27. The SMILES string of the molecule is Cc1c(NC(=O)c2cnn(Cc3ccccc3)c2)cccc1C(=O)N1CCc2sccc2C1. The number of aromatic nitrogens is 2. The van der Waals surface area contributed by atoms with E-state index < -0.39 is 0 Å². The molecule has 5 rings (SSSR count). The highest BCUT2D eigenvalue weighted by Gasteiger charge is 2.24. The molecule has 0 spiro atoms. The summed E-state index contributed by atoms with van der Waals surface area (Å²) in [6.07, 6.45) is 4.19. The normalized spacial score (nSPS) is 12.9. The van der Waals surface area contributed by atoms with E-state index in [1.54, 1.807) is 28.4 Å². The first-order valence-electron chi connectivity index (χ1n) is 10.9. The minimum absolute atomic E-state index is 0.00358. The van der Waals surface area contributed by atoms with Gasteiger partial charge in [0.1, 0.15) is 0 Å². The van der Waals surface area contributed by atoms with Crippen molar-refractivity contribution in [2.24, 2.45) is 0 Å². The summed E-state index contributed by atoms with van der Waals surface area (Å²) >= 11 is 1.75. The molecule has 2 aromatic heterocycles. The van der Waals surface area contributed by atoms with Crippen molar-refractivity contribution >= 4 is 28.8 Å². The number of hydrogen-bond donors (Lipinski definition) is 1. The van der Waals surface area contributed by atoms with Gasteiger partial charge in [-0.25, -0.2) is 0 Å². The molecule has 1 aliphatic rings. The molecule has 166 valence electrons. The monoisotopic (exact) mass is 456 g/mol. The van der Waals surface area contributed by atoms with Crippen LogP contribution in [0.2, 0.25) is 0 Å². The summed E-state index contributed by atoms with van der Waals surface area (Å²) in [5, 5.41) is 9.35. The molecular formula is C26H24N4O2S. The maximum atomic E-state index is 13.2. The molecular weight excluding hydrogens is 432 g/mol. The van der Waals surface area contributed by atoms with E-state index in [4.69, 9.17) is 0 Å². The Balaban J connectivity index is 1.29. The summed E-state index contributed by atoms with van der Waals surface area (Å²) in [5.41, 5.74) is 4.84. The van der Waals surface area contributed by atoms with Crippen molar-refractivity contribution in [2.45, 2.75) is 26.4 Å². The summed E-state index contributed by atoms with van der Waals surface area (Å²) in [4.78, 5) is 29.4. The lowest BCUT2D eigenvalue weighted by Crippen LogP contribution is -2.35. The molecule has 0 saturated carbocycles. The molecule has 33 heavy (non-hydrogen) atoms. The Bertz CT molecular complexity index is 1310. The Labute approximate surface area is 196 Å². The van der Waals surface area contributed by atoms with Gasteiger partial charge in [0, 0.05) is 35.4 Å². The topological polar surface area (TPSA) is 67.2 Å². The fourth-order valence-electron chi connectivity index (χ4n) is 4.13. The van der Waals surface area contributed by atoms with Crippen LogP contribution in [0.4, 0.5) is 5.69 Å². The van der Waals surface area contributed by atoms with Gasteiger partial charge in [-0.05, 0) is 53.6 Å². The van der Waals surface area contributed by atoms with Crippen LogP contribution in [0.3, 0.4) is 0 Å². The van der Waals surface area contributed by atoms with Crippen molar-refractivity contribution in [1.82, 2.24) is 14.7 Å². The van der Waals surface area contributed by atoms with Crippen molar-refractivity contribution in [2.75, 3.05) is 11.9 Å². The van der Waals surface area contributed by atoms with Crippen molar-refractivity contribution < 1.29 is 9.59 Å². The van der Waals surface area contributed by atoms with Crippen LogP contribution >= 0.6 is 11.3 Å². The molecule has 6 nitrogen and oxygen atoms in total. The molecule has 4 aromatic rings. The predicted molar refractivity (Wildman–Crippen MR) is 130 cm³/mol. The molecule has 0 bridgehead atoms. The van der Waals surface area contributed by atoms with Gasteiger partial charge in [-0.1, -0.05) is 36.4 Å². The average Bonchev–Trinajstić information content (AvgIpc) is 3.50. The minimum Gasteiger partial charge on any atom is -0.334 e.